The SMILES string of the molecule is CCCCCCCCCCCCCCCCNC(=O)OC1C(O)C(CO)OC1n1cnc2c(N)ncnc21. The summed E-state index contributed by atoms with van der Waals surface area (Å²) >= 11 is 0. The molecule has 0 radical (unpaired) electrons. The largest absolute Gasteiger partial charge is 0.439 e. The van der Waals surface area contributed by atoms with E-state index in [4.69, 9.17) is 15.2 Å². The van der Waals surface area contributed by atoms with Crippen LogP contribution in [0.4, 0.5) is 10.6 Å². The number of ether oxygens (including phenoxy) is 2. The molecule has 3 rings (SSSR count). The second kappa shape index (κ2) is 16.5. The van der Waals surface area contributed by atoms with E-state index in [1.807, 2.05) is 0 Å². The first-order valence-corrected chi connectivity index (χ1v) is 14.4. The molecule has 0 aliphatic carbocycles. The first-order chi connectivity index (χ1) is 18.6. The number of nitrogens with two attached hydrogens (primary N) is 1. The van der Waals surface area contributed by atoms with Crippen molar-refractivity contribution in [1.82, 2.24) is 24.8 Å². The number of carbonyl (C=O) groups is 1. The first-order valence-electron chi connectivity index (χ1n) is 14.4. The maximum atomic E-state index is 12.5. The summed E-state index contributed by atoms with van der Waals surface area (Å²) in [5, 5.41) is 23.0. The Labute approximate surface area is 225 Å². The molecule has 3 heterocycles. The topological polar surface area (TPSA) is 158 Å². The van der Waals surface area contributed by atoms with Crippen LogP contribution in [0.1, 0.15) is 103 Å². The van der Waals surface area contributed by atoms with Crippen molar-refractivity contribution in [3.63, 3.8) is 0 Å². The summed E-state index contributed by atoms with van der Waals surface area (Å²) in [5.74, 6) is 0.203. The molecule has 1 amide bonds. The summed E-state index contributed by atoms with van der Waals surface area (Å²) in [6.07, 6.45) is 15.8. The molecular weight excluding hydrogens is 488 g/mol. The monoisotopic (exact) mass is 534 g/mol. The van der Waals surface area contributed by atoms with E-state index in [-0.39, 0.29) is 5.82 Å². The molecule has 4 atom stereocenters. The summed E-state index contributed by atoms with van der Waals surface area (Å²) in [7, 11) is 0. The van der Waals surface area contributed by atoms with Gasteiger partial charge in [0.2, 0.25) is 0 Å². The molecule has 5 N–H and O–H groups in total. The van der Waals surface area contributed by atoms with Crippen molar-refractivity contribution in [3.8, 4) is 0 Å². The highest BCUT2D eigenvalue weighted by atomic mass is 16.6. The highest BCUT2D eigenvalue weighted by molar-refractivity contribution is 5.81. The van der Waals surface area contributed by atoms with Crippen LogP contribution in [0.15, 0.2) is 12.7 Å². The van der Waals surface area contributed by atoms with Gasteiger partial charge in [-0.1, -0.05) is 90.4 Å². The maximum Gasteiger partial charge on any atom is 0.407 e. The van der Waals surface area contributed by atoms with E-state index in [0.717, 1.165) is 19.3 Å². The van der Waals surface area contributed by atoms with Gasteiger partial charge in [0.15, 0.2) is 23.8 Å². The molecule has 1 aliphatic heterocycles. The average molecular weight is 535 g/mol. The number of hydrogen-bond acceptors (Lipinski definition) is 9. The fourth-order valence-electron chi connectivity index (χ4n) is 4.95. The molecule has 11 heteroatoms. The molecule has 11 nitrogen and oxygen atoms in total. The molecule has 0 spiro atoms. The second-order valence-electron chi connectivity index (χ2n) is 10.2. The van der Waals surface area contributed by atoms with Crippen molar-refractivity contribution in [2.45, 2.75) is 121 Å². The molecule has 1 fully saturated rings. The molecule has 38 heavy (non-hydrogen) atoms. The third-order valence-electron chi connectivity index (χ3n) is 7.20. The van der Waals surface area contributed by atoms with Crippen LogP contribution in [-0.2, 0) is 9.47 Å². The third-order valence-corrected chi connectivity index (χ3v) is 7.20. The van der Waals surface area contributed by atoms with E-state index in [1.54, 1.807) is 0 Å². The first kappa shape index (κ1) is 30.0. The Balaban J connectivity index is 1.31. The Bertz CT molecular complexity index is 957. The molecule has 214 valence electrons. The van der Waals surface area contributed by atoms with Gasteiger partial charge in [-0.25, -0.2) is 19.7 Å². The lowest BCUT2D eigenvalue weighted by Gasteiger charge is -2.22. The summed E-state index contributed by atoms with van der Waals surface area (Å²) in [6.45, 7) is 2.32. The van der Waals surface area contributed by atoms with Crippen LogP contribution in [-0.4, -0.2) is 67.3 Å². The van der Waals surface area contributed by atoms with Gasteiger partial charge in [0.1, 0.15) is 24.1 Å². The number of alkyl carbamates (subject to hydrolysis) is 1. The number of aromatic nitrogens is 4. The predicted molar refractivity (Wildman–Crippen MR) is 145 cm³/mol. The van der Waals surface area contributed by atoms with Crippen LogP contribution < -0.4 is 11.1 Å². The molecule has 1 aliphatic rings. The lowest BCUT2D eigenvalue weighted by atomic mass is 10.0. The van der Waals surface area contributed by atoms with E-state index in [0.29, 0.717) is 17.7 Å². The summed E-state index contributed by atoms with van der Waals surface area (Å²) in [6, 6.07) is 0. The number of nitrogens with zero attached hydrogens (tertiary/aromatic N) is 4. The zero-order valence-corrected chi connectivity index (χ0v) is 22.8. The summed E-state index contributed by atoms with van der Waals surface area (Å²) < 4.78 is 12.8. The zero-order valence-electron chi connectivity index (χ0n) is 22.8. The van der Waals surface area contributed by atoms with Gasteiger partial charge < -0.3 is 30.7 Å². The quantitative estimate of drug-likeness (QED) is 0.205. The van der Waals surface area contributed by atoms with Crippen LogP contribution in [0, 0.1) is 0 Å². The van der Waals surface area contributed by atoms with Gasteiger partial charge in [-0.05, 0) is 6.42 Å². The Kier molecular flexibility index (Phi) is 13.0. The van der Waals surface area contributed by atoms with E-state index < -0.39 is 37.2 Å². The van der Waals surface area contributed by atoms with Crippen LogP contribution in [0.25, 0.3) is 11.2 Å². The number of hydrogen-bond donors (Lipinski definition) is 4. The molecule has 0 bridgehead atoms. The Hall–Kier alpha value is -2.50. The second-order valence-corrected chi connectivity index (χ2v) is 10.2. The van der Waals surface area contributed by atoms with E-state index in [1.165, 1.54) is 87.9 Å². The van der Waals surface area contributed by atoms with Crippen LogP contribution in [0.3, 0.4) is 0 Å². The average Bonchev–Trinajstić information content (AvgIpc) is 3.48. The minimum Gasteiger partial charge on any atom is -0.439 e. The smallest absolute Gasteiger partial charge is 0.407 e. The molecule has 2 aromatic heterocycles. The van der Waals surface area contributed by atoms with Crippen molar-refractivity contribution in [1.29, 1.82) is 0 Å². The van der Waals surface area contributed by atoms with Gasteiger partial charge in [-0.2, -0.15) is 0 Å². The van der Waals surface area contributed by atoms with Crippen LogP contribution >= 0.6 is 0 Å². The van der Waals surface area contributed by atoms with Crippen molar-refractivity contribution < 1.29 is 24.5 Å². The van der Waals surface area contributed by atoms with E-state index in [2.05, 4.69) is 27.2 Å². The van der Waals surface area contributed by atoms with E-state index in [9.17, 15) is 15.0 Å². The highest BCUT2D eigenvalue weighted by Gasteiger charge is 2.47. The van der Waals surface area contributed by atoms with Crippen molar-refractivity contribution in [3.05, 3.63) is 12.7 Å². The number of anilines is 1. The highest BCUT2D eigenvalue weighted by Crippen LogP contribution is 2.34. The minimum atomic E-state index is -1.21. The van der Waals surface area contributed by atoms with Gasteiger partial charge in [-0.3, -0.25) is 4.57 Å². The summed E-state index contributed by atoms with van der Waals surface area (Å²) in [4.78, 5) is 24.8. The fraction of sp³-hybridized carbons (Fsp3) is 0.778. The molecule has 0 saturated carbocycles. The predicted octanol–water partition coefficient (Wildman–Crippen LogP) is 4.24. The Morgan fingerprint density at radius 1 is 1.00 bits per heavy atom. The lowest BCUT2D eigenvalue weighted by molar-refractivity contribution is -0.0529. The Morgan fingerprint density at radius 3 is 2.21 bits per heavy atom. The number of nitrogen functional groups attached to an aromatic ring is 1. The molecule has 0 aromatic carbocycles. The van der Waals surface area contributed by atoms with Gasteiger partial charge in [0, 0.05) is 6.54 Å². The van der Waals surface area contributed by atoms with Crippen molar-refractivity contribution >= 4 is 23.1 Å². The van der Waals surface area contributed by atoms with Gasteiger partial charge in [-0.15, -0.1) is 0 Å². The number of fused-ring (bicyclic) bond motifs is 1. The van der Waals surface area contributed by atoms with Crippen molar-refractivity contribution in [2.75, 3.05) is 18.9 Å². The number of aliphatic hydroxyl groups is 2. The number of imidazole rings is 1. The molecule has 2 aromatic rings. The van der Waals surface area contributed by atoms with Crippen LogP contribution in [0.2, 0.25) is 0 Å². The molecule has 4 unspecified atom stereocenters. The maximum absolute atomic E-state index is 12.5. The van der Waals surface area contributed by atoms with Gasteiger partial charge in [0.25, 0.3) is 0 Å². The third kappa shape index (κ3) is 8.78. The Morgan fingerprint density at radius 2 is 1.61 bits per heavy atom. The van der Waals surface area contributed by atoms with Crippen molar-refractivity contribution in [2.24, 2.45) is 0 Å². The normalized spacial score (nSPS) is 21.2. The lowest BCUT2D eigenvalue weighted by Crippen LogP contribution is -2.40. The van der Waals surface area contributed by atoms with Gasteiger partial charge >= 0.3 is 6.09 Å². The number of amides is 1. The number of aliphatic hydroxyl groups excluding tert-OH is 2. The summed E-state index contributed by atoms with van der Waals surface area (Å²) in [5.41, 5.74) is 6.61. The minimum absolute atomic E-state index is 0.203. The number of carbonyl (C=O) groups excluding carboxylic acids is 1. The standard InChI is InChI=1S/C27H46N6O5/c1-2-3-4-5-6-7-8-9-10-11-12-13-14-15-16-29-27(36)38-23-22(35)20(17-34)37-26(23)33-19-32-21-24(28)30-18-31-25(21)33/h18-20,22-23,26,34-35H,2-17H2,1H3,(H,29,36)(H2,28,30,31). The van der Waals surface area contributed by atoms with E-state index >= 15 is 0 Å². The number of unbranched alkanes of at least 4 members (excludes halogenated alkanes) is 13. The number of nitrogens with one attached hydrogen (secondary N) is 1. The van der Waals surface area contributed by atoms with Gasteiger partial charge in [0.05, 0.1) is 12.9 Å². The van der Waals surface area contributed by atoms with Crippen LogP contribution in [0.5, 0.6) is 0 Å². The number of rotatable bonds is 18. The molecular formula is C27H46N6O5. The zero-order chi connectivity index (χ0) is 27.2. The fourth-order valence-corrected chi connectivity index (χ4v) is 4.95. The molecule has 1 saturated heterocycles.